The Morgan fingerprint density at radius 1 is 1.11 bits per heavy atom. The Labute approximate surface area is 121 Å². The fourth-order valence-electron chi connectivity index (χ4n) is 2.00. The molecule has 0 fully saturated rings. The Morgan fingerprint density at radius 3 is 2.79 bits per heavy atom. The molecule has 3 heteroatoms. The first-order chi connectivity index (χ1) is 9.22. The molecule has 0 amide bonds. The van der Waals surface area contributed by atoms with Crippen molar-refractivity contribution in [1.82, 2.24) is 0 Å². The number of benzene rings is 2. The van der Waals surface area contributed by atoms with E-state index in [1.165, 1.54) is 20.5 Å². The number of hydrogen-bond donors (Lipinski definition) is 0. The van der Waals surface area contributed by atoms with E-state index in [-0.39, 0.29) is 0 Å². The summed E-state index contributed by atoms with van der Waals surface area (Å²) in [5.41, 5.74) is 1.28. The van der Waals surface area contributed by atoms with Gasteiger partial charge in [0.05, 0.1) is 5.02 Å². The van der Waals surface area contributed by atoms with E-state index in [0.717, 1.165) is 5.75 Å². The van der Waals surface area contributed by atoms with Gasteiger partial charge < -0.3 is 4.74 Å². The number of rotatable bonds is 3. The van der Waals surface area contributed by atoms with Crippen LogP contribution in [0.15, 0.2) is 48.5 Å². The minimum atomic E-state index is 0.558. The Hall–Kier alpha value is -1.51. The summed E-state index contributed by atoms with van der Waals surface area (Å²) in [6.07, 6.45) is 0. The summed E-state index contributed by atoms with van der Waals surface area (Å²) in [5.74, 6) is 0.734. The first kappa shape index (κ1) is 12.5. The van der Waals surface area contributed by atoms with Crippen molar-refractivity contribution in [3.05, 3.63) is 64.0 Å². The molecular formula is C16H13ClOS. The molecular weight excluding hydrogens is 276 g/mol. The Morgan fingerprint density at radius 2 is 1.95 bits per heavy atom. The zero-order valence-electron chi connectivity index (χ0n) is 10.5. The molecule has 0 spiro atoms. The topological polar surface area (TPSA) is 9.23 Å². The average molecular weight is 289 g/mol. The van der Waals surface area contributed by atoms with Gasteiger partial charge in [-0.3, -0.25) is 0 Å². The largest absolute Gasteiger partial charge is 0.487 e. The maximum Gasteiger partial charge on any atom is 0.138 e. The summed E-state index contributed by atoms with van der Waals surface area (Å²) in [6, 6.07) is 16.2. The average Bonchev–Trinajstić information content (AvgIpc) is 2.79. The highest BCUT2D eigenvalue weighted by Crippen LogP contribution is 2.29. The molecule has 0 saturated heterocycles. The number of para-hydroxylation sites is 1. The summed E-state index contributed by atoms with van der Waals surface area (Å²) in [5, 5.41) is 1.93. The van der Waals surface area contributed by atoms with Crippen LogP contribution in [-0.2, 0) is 6.61 Å². The van der Waals surface area contributed by atoms with E-state index in [1.807, 2.05) is 24.3 Å². The van der Waals surface area contributed by atoms with E-state index in [9.17, 15) is 0 Å². The number of aryl methyl sites for hydroxylation is 1. The number of thiophene rings is 1. The second-order valence-corrected chi connectivity index (χ2v) is 6.05. The summed E-state index contributed by atoms with van der Waals surface area (Å²) in [7, 11) is 0. The van der Waals surface area contributed by atoms with Crippen molar-refractivity contribution in [2.45, 2.75) is 13.5 Å². The maximum absolute atomic E-state index is 6.07. The number of halogens is 1. The van der Waals surface area contributed by atoms with E-state index < -0.39 is 0 Å². The standard InChI is InChI=1S/C16H13ClOS/c1-11-6-7-16-12(8-11)9-13(19-16)10-18-15-5-3-2-4-14(15)17/h2-9H,10H2,1H3. The summed E-state index contributed by atoms with van der Waals surface area (Å²) in [6.45, 7) is 2.67. The molecule has 1 aromatic heterocycles. The van der Waals surface area contributed by atoms with Crippen LogP contribution < -0.4 is 4.74 Å². The van der Waals surface area contributed by atoms with E-state index in [4.69, 9.17) is 16.3 Å². The summed E-state index contributed by atoms with van der Waals surface area (Å²) >= 11 is 7.83. The third kappa shape index (κ3) is 2.75. The van der Waals surface area contributed by atoms with Gasteiger partial charge in [0.15, 0.2) is 0 Å². The van der Waals surface area contributed by atoms with Crippen LogP contribution in [0.1, 0.15) is 10.4 Å². The van der Waals surface area contributed by atoms with Crippen LogP contribution in [0.2, 0.25) is 5.02 Å². The van der Waals surface area contributed by atoms with Gasteiger partial charge in [0.2, 0.25) is 0 Å². The van der Waals surface area contributed by atoms with E-state index in [2.05, 4.69) is 31.2 Å². The fraction of sp³-hybridized carbons (Fsp3) is 0.125. The quantitative estimate of drug-likeness (QED) is 0.623. The van der Waals surface area contributed by atoms with Gasteiger partial charge in [-0.05, 0) is 36.6 Å². The minimum absolute atomic E-state index is 0.558. The van der Waals surface area contributed by atoms with Crippen molar-refractivity contribution in [3.63, 3.8) is 0 Å². The van der Waals surface area contributed by atoms with Crippen LogP contribution in [0.25, 0.3) is 10.1 Å². The molecule has 1 nitrogen and oxygen atoms in total. The SMILES string of the molecule is Cc1ccc2sc(COc3ccccc3Cl)cc2c1. The highest BCUT2D eigenvalue weighted by Gasteiger charge is 2.04. The van der Waals surface area contributed by atoms with Crippen molar-refractivity contribution in [2.24, 2.45) is 0 Å². The zero-order chi connectivity index (χ0) is 13.2. The van der Waals surface area contributed by atoms with E-state index >= 15 is 0 Å². The molecule has 96 valence electrons. The smallest absolute Gasteiger partial charge is 0.138 e. The van der Waals surface area contributed by atoms with E-state index in [0.29, 0.717) is 11.6 Å². The minimum Gasteiger partial charge on any atom is -0.487 e. The van der Waals surface area contributed by atoms with Gasteiger partial charge in [-0.1, -0.05) is 41.4 Å². The van der Waals surface area contributed by atoms with Crippen molar-refractivity contribution in [2.75, 3.05) is 0 Å². The van der Waals surface area contributed by atoms with Gasteiger partial charge in [-0.15, -0.1) is 11.3 Å². The molecule has 0 unspecified atom stereocenters. The fourth-order valence-corrected chi connectivity index (χ4v) is 3.15. The van der Waals surface area contributed by atoms with Crippen molar-refractivity contribution >= 4 is 33.0 Å². The molecule has 19 heavy (non-hydrogen) atoms. The molecule has 3 aromatic rings. The lowest BCUT2D eigenvalue weighted by Gasteiger charge is -2.05. The molecule has 0 N–H and O–H groups in total. The lowest BCUT2D eigenvalue weighted by molar-refractivity contribution is 0.310. The summed E-state index contributed by atoms with van der Waals surface area (Å²) < 4.78 is 7.06. The van der Waals surface area contributed by atoms with Crippen LogP contribution in [0.4, 0.5) is 0 Å². The Balaban J connectivity index is 1.80. The predicted molar refractivity (Wildman–Crippen MR) is 82.3 cm³/mol. The van der Waals surface area contributed by atoms with Crippen LogP contribution in [0.3, 0.4) is 0 Å². The molecule has 0 atom stereocenters. The molecule has 0 aliphatic carbocycles. The molecule has 0 aliphatic rings. The Kier molecular flexibility index (Phi) is 3.45. The highest BCUT2D eigenvalue weighted by atomic mass is 35.5. The lowest BCUT2D eigenvalue weighted by Crippen LogP contribution is -1.92. The van der Waals surface area contributed by atoms with Crippen LogP contribution >= 0.6 is 22.9 Å². The summed E-state index contributed by atoms with van der Waals surface area (Å²) in [4.78, 5) is 1.21. The lowest BCUT2D eigenvalue weighted by atomic mass is 10.2. The highest BCUT2D eigenvalue weighted by molar-refractivity contribution is 7.19. The maximum atomic E-state index is 6.07. The molecule has 3 rings (SSSR count). The molecule has 0 radical (unpaired) electrons. The number of fused-ring (bicyclic) bond motifs is 1. The van der Waals surface area contributed by atoms with Gasteiger partial charge >= 0.3 is 0 Å². The second kappa shape index (κ2) is 5.24. The predicted octanol–water partition coefficient (Wildman–Crippen LogP) is 5.44. The molecule has 0 saturated carbocycles. The molecule has 1 heterocycles. The van der Waals surface area contributed by atoms with Gasteiger partial charge in [0, 0.05) is 9.58 Å². The van der Waals surface area contributed by atoms with Crippen LogP contribution in [0.5, 0.6) is 5.75 Å². The van der Waals surface area contributed by atoms with Crippen molar-refractivity contribution in [1.29, 1.82) is 0 Å². The molecule has 0 bridgehead atoms. The zero-order valence-corrected chi connectivity index (χ0v) is 12.1. The Bertz CT molecular complexity index is 718. The van der Waals surface area contributed by atoms with Crippen molar-refractivity contribution < 1.29 is 4.74 Å². The second-order valence-electron chi connectivity index (χ2n) is 4.47. The van der Waals surface area contributed by atoms with E-state index in [1.54, 1.807) is 11.3 Å². The monoisotopic (exact) mass is 288 g/mol. The van der Waals surface area contributed by atoms with Gasteiger partial charge in [-0.2, -0.15) is 0 Å². The normalized spacial score (nSPS) is 10.8. The third-order valence-corrected chi connectivity index (χ3v) is 4.33. The molecule has 0 aliphatic heterocycles. The first-order valence-corrected chi connectivity index (χ1v) is 7.28. The molecule has 2 aromatic carbocycles. The number of ether oxygens (including phenoxy) is 1. The van der Waals surface area contributed by atoms with Crippen molar-refractivity contribution in [3.8, 4) is 5.75 Å². The van der Waals surface area contributed by atoms with Crippen LogP contribution in [-0.4, -0.2) is 0 Å². The number of hydrogen-bond acceptors (Lipinski definition) is 2. The van der Waals surface area contributed by atoms with Gasteiger partial charge in [0.1, 0.15) is 12.4 Å². The van der Waals surface area contributed by atoms with Gasteiger partial charge in [-0.25, -0.2) is 0 Å². The van der Waals surface area contributed by atoms with Crippen LogP contribution in [0, 0.1) is 6.92 Å². The van der Waals surface area contributed by atoms with Gasteiger partial charge in [0.25, 0.3) is 0 Å². The first-order valence-electron chi connectivity index (χ1n) is 6.09. The third-order valence-electron chi connectivity index (χ3n) is 2.93.